The summed E-state index contributed by atoms with van der Waals surface area (Å²) in [5, 5.41) is 2.97. The first-order valence-corrected chi connectivity index (χ1v) is 10.5. The van der Waals surface area contributed by atoms with Gasteiger partial charge in [0.2, 0.25) is 0 Å². The largest absolute Gasteiger partial charge is 0.333 e. The van der Waals surface area contributed by atoms with Crippen LogP contribution in [0.25, 0.3) is 5.57 Å². The number of urea groups is 1. The van der Waals surface area contributed by atoms with Crippen LogP contribution in [0.2, 0.25) is 0 Å². The standard InChI is InChI=1S/C24H22N6O2/c31-23(22-14-26-9-10-27-22)29-11-6-18(7-12-29)17-1-3-21(4-2-17)28-24(32)30-15-19-5-8-25-13-20(19)16-30/h1-6,8-10,13-14H,7,11-12,15-16H2,(H,28,32). The Bertz CT molecular complexity index is 1150. The molecule has 5 rings (SSSR count). The van der Waals surface area contributed by atoms with Gasteiger partial charge >= 0.3 is 6.03 Å². The third-order valence-electron chi connectivity index (χ3n) is 5.80. The zero-order valence-corrected chi connectivity index (χ0v) is 17.4. The molecule has 1 N–H and O–H groups in total. The lowest BCUT2D eigenvalue weighted by atomic mass is 9.99. The molecule has 32 heavy (non-hydrogen) atoms. The Morgan fingerprint density at radius 1 is 0.875 bits per heavy atom. The number of nitrogens with zero attached hydrogens (tertiary/aromatic N) is 5. The molecule has 2 aromatic heterocycles. The van der Waals surface area contributed by atoms with E-state index in [1.807, 2.05) is 36.5 Å². The van der Waals surface area contributed by atoms with Gasteiger partial charge in [0.15, 0.2) is 0 Å². The van der Waals surface area contributed by atoms with Crippen molar-refractivity contribution in [2.75, 3.05) is 18.4 Å². The fraction of sp³-hybridized carbons (Fsp3) is 0.208. The van der Waals surface area contributed by atoms with E-state index in [-0.39, 0.29) is 11.9 Å². The fourth-order valence-corrected chi connectivity index (χ4v) is 4.02. The lowest BCUT2D eigenvalue weighted by Gasteiger charge is -2.26. The number of rotatable bonds is 3. The van der Waals surface area contributed by atoms with E-state index < -0.39 is 0 Å². The predicted octanol–water partition coefficient (Wildman–Crippen LogP) is 3.35. The second-order valence-corrected chi connectivity index (χ2v) is 7.83. The number of amides is 3. The third kappa shape index (κ3) is 4.07. The zero-order valence-electron chi connectivity index (χ0n) is 17.4. The van der Waals surface area contributed by atoms with E-state index in [0.717, 1.165) is 28.8 Å². The highest BCUT2D eigenvalue weighted by Crippen LogP contribution is 2.25. The predicted molar refractivity (Wildman–Crippen MR) is 119 cm³/mol. The second-order valence-electron chi connectivity index (χ2n) is 7.83. The molecule has 0 radical (unpaired) electrons. The summed E-state index contributed by atoms with van der Waals surface area (Å²) < 4.78 is 0. The Kier molecular flexibility index (Phi) is 5.33. The van der Waals surface area contributed by atoms with Gasteiger partial charge in [-0.3, -0.25) is 14.8 Å². The van der Waals surface area contributed by atoms with Crippen LogP contribution in [0.4, 0.5) is 10.5 Å². The van der Waals surface area contributed by atoms with Crippen molar-refractivity contribution in [3.8, 4) is 0 Å². The Hall–Kier alpha value is -4.07. The van der Waals surface area contributed by atoms with Gasteiger partial charge in [-0.15, -0.1) is 0 Å². The Morgan fingerprint density at radius 2 is 1.69 bits per heavy atom. The van der Waals surface area contributed by atoms with E-state index in [1.54, 1.807) is 22.2 Å². The van der Waals surface area contributed by atoms with Crippen LogP contribution in [0.5, 0.6) is 0 Å². The minimum absolute atomic E-state index is 0.105. The molecule has 3 aromatic rings. The fourth-order valence-electron chi connectivity index (χ4n) is 4.02. The molecule has 2 aliphatic heterocycles. The summed E-state index contributed by atoms with van der Waals surface area (Å²) in [6.07, 6.45) is 11.0. The molecule has 8 heteroatoms. The number of fused-ring (bicyclic) bond motifs is 1. The lowest BCUT2D eigenvalue weighted by molar-refractivity contribution is 0.0766. The van der Waals surface area contributed by atoms with Crippen molar-refractivity contribution in [1.29, 1.82) is 0 Å². The highest BCUT2D eigenvalue weighted by atomic mass is 16.2. The first-order valence-electron chi connectivity index (χ1n) is 10.5. The van der Waals surface area contributed by atoms with Crippen molar-refractivity contribution in [3.63, 3.8) is 0 Å². The van der Waals surface area contributed by atoms with Crippen LogP contribution < -0.4 is 5.32 Å². The molecule has 0 spiro atoms. The SMILES string of the molecule is O=C(Nc1ccc(C2=CCN(C(=O)c3cnccn3)CC2)cc1)N1Cc2ccncc2C1. The third-order valence-corrected chi connectivity index (χ3v) is 5.80. The molecule has 160 valence electrons. The monoisotopic (exact) mass is 426 g/mol. The molecule has 0 aliphatic carbocycles. The summed E-state index contributed by atoms with van der Waals surface area (Å²) in [6.45, 7) is 2.33. The molecule has 0 fully saturated rings. The normalized spacial score (nSPS) is 15.2. The van der Waals surface area contributed by atoms with Crippen LogP contribution in [0.1, 0.15) is 33.6 Å². The van der Waals surface area contributed by atoms with Crippen molar-refractivity contribution in [3.05, 3.63) is 89.8 Å². The summed E-state index contributed by atoms with van der Waals surface area (Å²) in [7, 11) is 0. The van der Waals surface area contributed by atoms with Crippen LogP contribution in [-0.4, -0.2) is 49.8 Å². The number of anilines is 1. The van der Waals surface area contributed by atoms with Crippen molar-refractivity contribution >= 4 is 23.2 Å². The van der Waals surface area contributed by atoms with E-state index in [4.69, 9.17) is 0 Å². The molecule has 0 atom stereocenters. The summed E-state index contributed by atoms with van der Waals surface area (Å²) in [5.41, 5.74) is 5.63. The number of pyridine rings is 1. The number of nitrogens with one attached hydrogen (secondary N) is 1. The highest BCUT2D eigenvalue weighted by Gasteiger charge is 2.23. The topological polar surface area (TPSA) is 91.3 Å². The van der Waals surface area contributed by atoms with E-state index in [0.29, 0.717) is 31.9 Å². The highest BCUT2D eigenvalue weighted by molar-refractivity contribution is 5.93. The Morgan fingerprint density at radius 3 is 2.41 bits per heavy atom. The molecular formula is C24H22N6O2. The van der Waals surface area contributed by atoms with Crippen molar-refractivity contribution < 1.29 is 9.59 Å². The number of benzene rings is 1. The first kappa shape index (κ1) is 19.9. The summed E-state index contributed by atoms with van der Waals surface area (Å²) in [4.78, 5) is 40.9. The first-order chi connectivity index (χ1) is 15.7. The maximum Gasteiger partial charge on any atom is 0.322 e. The van der Waals surface area contributed by atoms with E-state index in [1.165, 1.54) is 18.0 Å². The molecular weight excluding hydrogens is 404 g/mol. The molecule has 0 unspecified atom stereocenters. The van der Waals surface area contributed by atoms with Gasteiger partial charge in [-0.2, -0.15) is 0 Å². The van der Waals surface area contributed by atoms with Crippen LogP contribution >= 0.6 is 0 Å². The molecule has 0 saturated carbocycles. The van der Waals surface area contributed by atoms with Gasteiger partial charge in [0.1, 0.15) is 5.69 Å². The average molecular weight is 426 g/mol. The minimum atomic E-state index is -0.121. The summed E-state index contributed by atoms with van der Waals surface area (Å²) in [6, 6.07) is 9.67. The van der Waals surface area contributed by atoms with Gasteiger partial charge in [-0.1, -0.05) is 18.2 Å². The molecule has 0 saturated heterocycles. The number of carbonyl (C=O) groups is 2. The molecule has 4 heterocycles. The molecule has 8 nitrogen and oxygen atoms in total. The van der Waals surface area contributed by atoms with Gasteiger partial charge in [0, 0.05) is 56.7 Å². The molecule has 0 bridgehead atoms. The molecule has 2 aliphatic rings. The molecule has 1 aromatic carbocycles. The maximum atomic E-state index is 12.6. The lowest BCUT2D eigenvalue weighted by Crippen LogP contribution is -2.35. The van der Waals surface area contributed by atoms with Gasteiger partial charge in [-0.25, -0.2) is 9.78 Å². The van der Waals surface area contributed by atoms with Crippen molar-refractivity contribution in [1.82, 2.24) is 24.8 Å². The van der Waals surface area contributed by atoms with Gasteiger partial charge in [0.05, 0.1) is 6.20 Å². The smallest absolute Gasteiger partial charge is 0.322 e. The zero-order chi connectivity index (χ0) is 21.9. The van der Waals surface area contributed by atoms with Crippen molar-refractivity contribution in [2.24, 2.45) is 0 Å². The van der Waals surface area contributed by atoms with Gasteiger partial charge in [0.25, 0.3) is 5.91 Å². The Labute approximate surface area is 185 Å². The summed E-state index contributed by atoms with van der Waals surface area (Å²) in [5.74, 6) is -0.105. The van der Waals surface area contributed by atoms with E-state index >= 15 is 0 Å². The van der Waals surface area contributed by atoms with Crippen molar-refractivity contribution in [2.45, 2.75) is 19.5 Å². The maximum absolute atomic E-state index is 12.6. The van der Waals surface area contributed by atoms with E-state index in [2.05, 4.69) is 26.3 Å². The van der Waals surface area contributed by atoms with Crippen LogP contribution in [0.3, 0.4) is 0 Å². The van der Waals surface area contributed by atoms with Gasteiger partial charge in [-0.05, 0) is 46.9 Å². The number of hydrogen-bond donors (Lipinski definition) is 1. The second kappa shape index (κ2) is 8.58. The summed E-state index contributed by atoms with van der Waals surface area (Å²) >= 11 is 0. The Balaban J connectivity index is 1.19. The minimum Gasteiger partial charge on any atom is -0.333 e. The average Bonchev–Trinajstić information content (AvgIpc) is 3.29. The number of aromatic nitrogens is 3. The van der Waals surface area contributed by atoms with Gasteiger partial charge < -0.3 is 15.1 Å². The van der Waals surface area contributed by atoms with Crippen LogP contribution in [0.15, 0.2) is 67.4 Å². The van der Waals surface area contributed by atoms with Crippen LogP contribution in [0, 0.1) is 0 Å². The van der Waals surface area contributed by atoms with E-state index in [9.17, 15) is 9.59 Å². The number of hydrogen-bond acceptors (Lipinski definition) is 5. The molecule has 3 amide bonds. The number of carbonyl (C=O) groups excluding carboxylic acids is 2. The van der Waals surface area contributed by atoms with Crippen LogP contribution in [-0.2, 0) is 13.1 Å². The quantitative estimate of drug-likeness (QED) is 0.694.